The van der Waals surface area contributed by atoms with E-state index >= 15 is 0 Å². The molecule has 0 bridgehead atoms. The fourth-order valence-corrected chi connectivity index (χ4v) is 4.50. The minimum absolute atomic E-state index is 0.361. The lowest BCUT2D eigenvalue weighted by Crippen LogP contribution is -2.08. The van der Waals surface area contributed by atoms with Crippen LogP contribution >= 0.6 is 11.3 Å². The van der Waals surface area contributed by atoms with Crippen LogP contribution in [0, 0.1) is 0 Å². The van der Waals surface area contributed by atoms with Gasteiger partial charge in [-0.1, -0.05) is 70.8 Å². The number of benzene rings is 2. The number of thiophene rings is 1. The second-order valence-corrected chi connectivity index (χ2v) is 9.39. The molecule has 176 valence electrons. The van der Waals surface area contributed by atoms with Gasteiger partial charge in [0, 0.05) is 4.88 Å². The molecule has 0 atom stereocenters. The standard InChI is InChI=1S/C29H36O3S/c1-2-3-4-5-6-7-8-9-10-11-22-31-26-18-16-25(17-19-26)29(30)32-27-20-14-24(15-21-27)28-13-12-23-33-28/h12-21,23H,2-11,22H2,1H3. The van der Waals surface area contributed by atoms with E-state index in [0.29, 0.717) is 11.3 Å². The summed E-state index contributed by atoms with van der Waals surface area (Å²) in [4.78, 5) is 13.6. The van der Waals surface area contributed by atoms with Crippen LogP contribution < -0.4 is 9.47 Å². The van der Waals surface area contributed by atoms with Crippen LogP contribution in [0.1, 0.15) is 81.5 Å². The lowest BCUT2D eigenvalue weighted by molar-refractivity contribution is 0.0734. The predicted octanol–water partition coefficient (Wildman–Crippen LogP) is 8.93. The van der Waals surface area contributed by atoms with Crippen molar-refractivity contribution in [3.05, 3.63) is 71.6 Å². The summed E-state index contributed by atoms with van der Waals surface area (Å²) in [5.74, 6) is 0.976. The fourth-order valence-electron chi connectivity index (χ4n) is 3.76. The van der Waals surface area contributed by atoms with Gasteiger partial charge in [-0.05, 0) is 72.0 Å². The van der Waals surface area contributed by atoms with E-state index < -0.39 is 0 Å². The quantitative estimate of drug-likeness (QED) is 0.128. The minimum atomic E-state index is -0.361. The molecule has 0 amide bonds. The molecule has 1 aromatic heterocycles. The van der Waals surface area contributed by atoms with E-state index in [1.165, 1.54) is 62.7 Å². The molecule has 1 heterocycles. The van der Waals surface area contributed by atoms with Gasteiger partial charge in [0.25, 0.3) is 0 Å². The Kier molecular flexibility index (Phi) is 11.0. The summed E-state index contributed by atoms with van der Waals surface area (Å²) in [5, 5.41) is 2.05. The van der Waals surface area contributed by atoms with E-state index in [9.17, 15) is 4.79 Å². The molecule has 2 aromatic carbocycles. The Balaban J connectivity index is 1.30. The van der Waals surface area contributed by atoms with Crippen LogP contribution in [0.2, 0.25) is 0 Å². The van der Waals surface area contributed by atoms with E-state index in [0.717, 1.165) is 24.3 Å². The molecule has 33 heavy (non-hydrogen) atoms. The van der Waals surface area contributed by atoms with Crippen molar-refractivity contribution < 1.29 is 14.3 Å². The first-order valence-corrected chi connectivity index (χ1v) is 13.2. The van der Waals surface area contributed by atoms with Crippen LogP contribution in [0.3, 0.4) is 0 Å². The molecule has 0 fully saturated rings. The molecule has 3 aromatic rings. The predicted molar refractivity (Wildman–Crippen MR) is 138 cm³/mol. The fraction of sp³-hybridized carbons (Fsp3) is 0.414. The Hall–Kier alpha value is -2.59. The van der Waals surface area contributed by atoms with E-state index in [1.54, 1.807) is 23.5 Å². The summed E-state index contributed by atoms with van der Waals surface area (Å²) in [6.07, 6.45) is 13.1. The van der Waals surface area contributed by atoms with E-state index in [-0.39, 0.29) is 5.97 Å². The molecule has 0 saturated carbocycles. The first kappa shape index (κ1) is 25.0. The average molecular weight is 465 g/mol. The number of unbranched alkanes of at least 4 members (excludes halogenated alkanes) is 9. The number of esters is 1. The Morgan fingerprint density at radius 1 is 0.727 bits per heavy atom. The van der Waals surface area contributed by atoms with Crippen molar-refractivity contribution in [3.8, 4) is 21.9 Å². The minimum Gasteiger partial charge on any atom is -0.494 e. The SMILES string of the molecule is CCCCCCCCCCCCOc1ccc(C(=O)Oc2ccc(-c3cccs3)cc2)cc1. The summed E-state index contributed by atoms with van der Waals surface area (Å²) in [5.41, 5.74) is 1.64. The normalized spacial score (nSPS) is 10.8. The lowest BCUT2D eigenvalue weighted by Gasteiger charge is -2.08. The summed E-state index contributed by atoms with van der Waals surface area (Å²) < 4.78 is 11.3. The summed E-state index contributed by atoms with van der Waals surface area (Å²) in [6, 6.07) is 18.9. The van der Waals surface area contributed by atoms with Gasteiger partial charge in [-0.25, -0.2) is 4.79 Å². The number of hydrogen-bond donors (Lipinski definition) is 0. The number of ether oxygens (including phenoxy) is 2. The number of hydrogen-bond acceptors (Lipinski definition) is 4. The number of carbonyl (C=O) groups is 1. The average Bonchev–Trinajstić information content (AvgIpc) is 3.38. The van der Waals surface area contributed by atoms with Crippen LogP contribution in [0.5, 0.6) is 11.5 Å². The third-order valence-electron chi connectivity index (χ3n) is 5.73. The highest BCUT2D eigenvalue weighted by atomic mass is 32.1. The summed E-state index contributed by atoms with van der Waals surface area (Å²) in [7, 11) is 0. The molecule has 3 nitrogen and oxygen atoms in total. The topological polar surface area (TPSA) is 35.5 Å². The maximum Gasteiger partial charge on any atom is 0.343 e. The van der Waals surface area contributed by atoms with Crippen molar-refractivity contribution in [2.24, 2.45) is 0 Å². The lowest BCUT2D eigenvalue weighted by atomic mass is 10.1. The van der Waals surface area contributed by atoms with Gasteiger partial charge in [0.15, 0.2) is 0 Å². The van der Waals surface area contributed by atoms with Crippen LogP contribution in [0.15, 0.2) is 66.0 Å². The van der Waals surface area contributed by atoms with Gasteiger partial charge in [0.1, 0.15) is 11.5 Å². The van der Waals surface area contributed by atoms with Gasteiger partial charge in [-0.3, -0.25) is 0 Å². The molecule has 0 unspecified atom stereocenters. The van der Waals surface area contributed by atoms with Crippen molar-refractivity contribution >= 4 is 17.3 Å². The largest absolute Gasteiger partial charge is 0.494 e. The molecule has 0 saturated heterocycles. The van der Waals surface area contributed by atoms with Crippen LogP contribution in [0.4, 0.5) is 0 Å². The molecule has 0 spiro atoms. The van der Waals surface area contributed by atoms with Crippen molar-refractivity contribution in [1.82, 2.24) is 0 Å². The second-order valence-electron chi connectivity index (χ2n) is 8.45. The van der Waals surface area contributed by atoms with Crippen molar-refractivity contribution in [2.45, 2.75) is 71.1 Å². The highest BCUT2D eigenvalue weighted by Gasteiger charge is 2.09. The third-order valence-corrected chi connectivity index (χ3v) is 6.65. The third kappa shape index (κ3) is 9.05. The van der Waals surface area contributed by atoms with Crippen molar-refractivity contribution in [3.63, 3.8) is 0 Å². The molecule has 4 heteroatoms. The first-order valence-electron chi connectivity index (χ1n) is 12.4. The zero-order chi connectivity index (χ0) is 23.1. The first-order chi connectivity index (χ1) is 16.3. The van der Waals surface area contributed by atoms with Gasteiger partial charge in [0.2, 0.25) is 0 Å². The molecule has 0 radical (unpaired) electrons. The van der Waals surface area contributed by atoms with Gasteiger partial charge in [0.05, 0.1) is 12.2 Å². The zero-order valence-electron chi connectivity index (χ0n) is 19.8. The highest BCUT2D eigenvalue weighted by Crippen LogP contribution is 2.26. The molecule has 0 aliphatic carbocycles. The van der Waals surface area contributed by atoms with Gasteiger partial charge in [-0.15, -0.1) is 11.3 Å². The molecule has 0 aliphatic heterocycles. The summed E-state index contributed by atoms with van der Waals surface area (Å²) >= 11 is 1.69. The van der Waals surface area contributed by atoms with Crippen LogP contribution in [-0.2, 0) is 0 Å². The zero-order valence-corrected chi connectivity index (χ0v) is 20.6. The van der Waals surface area contributed by atoms with Crippen LogP contribution in [0.25, 0.3) is 10.4 Å². The molecule has 3 rings (SSSR count). The maximum atomic E-state index is 12.4. The Morgan fingerprint density at radius 3 is 1.94 bits per heavy atom. The van der Waals surface area contributed by atoms with Gasteiger partial charge >= 0.3 is 5.97 Å². The smallest absolute Gasteiger partial charge is 0.343 e. The van der Waals surface area contributed by atoms with E-state index in [4.69, 9.17) is 9.47 Å². The van der Waals surface area contributed by atoms with Crippen molar-refractivity contribution in [1.29, 1.82) is 0 Å². The molecule has 0 aliphatic rings. The number of carbonyl (C=O) groups excluding carboxylic acids is 1. The monoisotopic (exact) mass is 464 g/mol. The Bertz CT molecular complexity index is 915. The Labute approximate surface area is 202 Å². The Morgan fingerprint density at radius 2 is 1.33 bits per heavy atom. The second kappa shape index (κ2) is 14.5. The summed E-state index contributed by atoms with van der Waals surface area (Å²) in [6.45, 7) is 2.98. The molecular weight excluding hydrogens is 428 g/mol. The highest BCUT2D eigenvalue weighted by molar-refractivity contribution is 7.13. The van der Waals surface area contributed by atoms with E-state index in [2.05, 4.69) is 13.0 Å². The van der Waals surface area contributed by atoms with Gasteiger partial charge < -0.3 is 9.47 Å². The van der Waals surface area contributed by atoms with E-state index in [1.807, 2.05) is 47.8 Å². The molecule has 0 N–H and O–H groups in total. The van der Waals surface area contributed by atoms with Gasteiger partial charge in [-0.2, -0.15) is 0 Å². The van der Waals surface area contributed by atoms with Crippen LogP contribution in [-0.4, -0.2) is 12.6 Å². The maximum absolute atomic E-state index is 12.4. The molecular formula is C29H36O3S. The number of rotatable bonds is 15. The van der Waals surface area contributed by atoms with Crippen molar-refractivity contribution in [2.75, 3.05) is 6.61 Å².